The van der Waals surface area contributed by atoms with Gasteiger partial charge in [0, 0.05) is 43.2 Å². The zero-order valence-electron chi connectivity index (χ0n) is 14.5. The Bertz CT molecular complexity index is 696. The molecule has 3 heterocycles. The average Bonchev–Trinajstić information content (AvgIpc) is 3.22. The van der Waals surface area contributed by atoms with E-state index in [1.54, 1.807) is 11.3 Å². The SMILES string of the molecule is Cc1ncsc1CN(C)C[C@@H]1CCN(c2ccnc(C3CC3)n2)C1. The van der Waals surface area contributed by atoms with Crippen molar-refractivity contribution in [3.63, 3.8) is 0 Å². The molecule has 0 unspecified atom stereocenters. The highest BCUT2D eigenvalue weighted by atomic mass is 32.1. The van der Waals surface area contributed by atoms with Crippen molar-refractivity contribution in [3.05, 3.63) is 34.2 Å². The first-order chi connectivity index (χ1) is 11.7. The maximum absolute atomic E-state index is 4.80. The fraction of sp³-hybridized carbons (Fsp3) is 0.611. The van der Waals surface area contributed by atoms with Crippen LogP contribution in [0.3, 0.4) is 0 Å². The molecule has 1 aliphatic carbocycles. The Balaban J connectivity index is 1.33. The van der Waals surface area contributed by atoms with E-state index in [4.69, 9.17) is 4.98 Å². The molecule has 6 heteroatoms. The smallest absolute Gasteiger partial charge is 0.133 e. The molecular weight excluding hydrogens is 318 g/mol. The van der Waals surface area contributed by atoms with Gasteiger partial charge in [0.05, 0.1) is 11.2 Å². The molecular formula is C18H25N5S. The molecule has 24 heavy (non-hydrogen) atoms. The second-order valence-corrected chi connectivity index (χ2v) is 8.15. The summed E-state index contributed by atoms with van der Waals surface area (Å²) in [6, 6.07) is 2.07. The molecule has 0 spiro atoms. The van der Waals surface area contributed by atoms with Gasteiger partial charge in [-0.3, -0.25) is 0 Å². The van der Waals surface area contributed by atoms with Gasteiger partial charge in [0.2, 0.25) is 0 Å². The lowest BCUT2D eigenvalue weighted by Gasteiger charge is -2.22. The summed E-state index contributed by atoms with van der Waals surface area (Å²) in [7, 11) is 2.22. The number of hydrogen-bond donors (Lipinski definition) is 0. The van der Waals surface area contributed by atoms with Gasteiger partial charge in [-0.25, -0.2) is 15.0 Å². The Hall–Kier alpha value is -1.53. The molecule has 1 saturated heterocycles. The van der Waals surface area contributed by atoms with Crippen LogP contribution in [0, 0.1) is 12.8 Å². The lowest BCUT2D eigenvalue weighted by molar-refractivity contribution is 0.281. The predicted octanol–water partition coefficient (Wildman–Crippen LogP) is 3.08. The second-order valence-electron chi connectivity index (χ2n) is 7.21. The summed E-state index contributed by atoms with van der Waals surface area (Å²) in [6.07, 6.45) is 5.69. The van der Waals surface area contributed by atoms with Crippen LogP contribution in [0.25, 0.3) is 0 Å². The van der Waals surface area contributed by atoms with Crippen molar-refractivity contribution >= 4 is 17.2 Å². The molecule has 0 bridgehead atoms. The number of rotatable bonds is 6. The molecule has 128 valence electrons. The van der Waals surface area contributed by atoms with Crippen LogP contribution in [0.2, 0.25) is 0 Å². The van der Waals surface area contributed by atoms with E-state index in [-0.39, 0.29) is 0 Å². The molecule has 2 aromatic heterocycles. The molecule has 5 nitrogen and oxygen atoms in total. The molecule has 1 saturated carbocycles. The summed E-state index contributed by atoms with van der Waals surface area (Å²) in [5, 5.41) is 0. The van der Waals surface area contributed by atoms with Crippen molar-refractivity contribution in [1.29, 1.82) is 0 Å². The Morgan fingerprint density at radius 1 is 1.29 bits per heavy atom. The van der Waals surface area contributed by atoms with Gasteiger partial charge in [0.15, 0.2) is 0 Å². The van der Waals surface area contributed by atoms with Gasteiger partial charge < -0.3 is 9.80 Å². The van der Waals surface area contributed by atoms with Crippen LogP contribution in [0.1, 0.15) is 41.6 Å². The summed E-state index contributed by atoms with van der Waals surface area (Å²) < 4.78 is 0. The van der Waals surface area contributed by atoms with E-state index in [1.807, 2.05) is 11.7 Å². The van der Waals surface area contributed by atoms with Gasteiger partial charge in [-0.1, -0.05) is 0 Å². The third-order valence-electron chi connectivity index (χ3n) is 5.04. The first-order valence-electron chi connectivity index (χ1n) is 8.84. The topological polar surface area (TPSA) is 45.2 Å². The fourth-order valence-electron chi connectivity index (χ4n) is 3.50. The molecule has 0 N–H and O–H groups in total. The molecule has 4 rings (SSSR count). The average molecular weight is 344 g/mol. The summed E-state index contributed by atoms with van der Waals surface area (Å²) in [5.41, 5.74) is 3.12. The monoisotopic (exact) mass is 343 g/mol. The van der Waals surface area contributed by atoms with E-state index < -0.39 is 0 Å². The Kier molecular flexibility index (Phi) is 4.50. The van der Waals surface area contributed by atoms with Gasteiger partial charge in [-0.15, -0.1) is 11.3 Å². The van der Waals surface area contributed by atoms with Crippen LogP contribution in [0.4, 0.5) is 5.82 Å². The summed E-state index contributed by atoms with van der Waals surface area (Å²) in [6.45, 7) is 6.45. The molecule has 2 fully saturated rings. The molecule has 2 aromatic rings. The van der Waals surface area contributed by atoms with Crippen molar-refractivity contribution in [3.8, 4) is 0 Å². The third kappa shape index (κ3) is 3.59. The summed E-state index contributed by atoms with van der Waals surface area (Å²) in [5.74, 6) is 3.50. The largest absolute Gasteiger partial charge is 0.356 e. The molecule has 2 aliphatic rings. The quantitative estimate of drug-likeness (QED) is 0.806. The zero-order valence-corrected chi connectivity index (χ0v) is 15.3. The normalized spacial score (nSPS) is 21.0. The van der Waals surface area contributed by atoms with Gasteiger partial charge in [0.1, 0.15) is 11.6 Å². The van der Waals surface area contributed by atoms with E-state index >= 15 is 0 Å². The Labute approximate surface area is 147 Å². The highest BCUT2D eigenvalue weighted by Gasteiger charge is 2.29. The standard InChI is InChI=1S/C18H25N5S/c1-13-16(24-12-20-13)11-22(2)9-14-6-8-23(10-14)17-5-7-19-18(21-17)15-3-4-15/h5,7,12,14-15H,3-4,6,8-11H2,1-2H3/t14-/m0/s1. The van der Waals surface area contributed by atoms with Gasteiger partial charge in [-0.05, 0) is 45.2 Å². The molecule has 0 amide bonds. The van der Waals surface area contributed by atoms with Crippen molar-refractivity contribution in [1.82, 2.24) is 19.9 Å². The Morgan fingerprint density at radius 2 is 2.17 bits per heavy atom. The highest BCUT2D eigenvalue weighted by molar-refractivity contribution is 7.09. The molecule has 0 radical (unpaired) electrons. The van der Waals surface area contributed by atoms with E-state index in [0.29, 0.717) is 11.8 Å². The van der Waals surface area contributed by atoms with E-state index in [0.717, 1.165) is 37.8 Å². The first-order valence-corrected chi connectivity index (χ1v) is 9.72. The van der Waals surface area contributed by atoms with Crippen LogP contribution in [-0.2, 0) is 6.54 Å². The van der Waals surface area contributed by atoms with Gasteiger partial charge in [-0.2, -0.15) is 0 Å². The van der Waals surface area contributed by atoms with E-state index in [9.17, 15) is 0 Å². The lowest BCUT2D eigenvalue weighted by atomic mass is 10.1. The number of nitrogens with zero attached hydrogens (tertiary/aromatic N) is 5. The van der Waals surface area contributed by atoms with Crippen LogP contribution >= 0.6 is 11.3 Å². The zero-order chi connectivity index (χ0) is 16.5. The summed E-state index contributed by atoms with van der Waals surface area (Å²) in [4.78, 5) is 19.8. The number of aromatic nitrogens is 3. The minimum atomic E-state index is 0.622. The van der Waals surface area contributed by atoms with Crippen molar-refractivity contribution in [2.24, 2.45) is 5.92 Å². The van der Waals surface area contributed by atoms with Crippen molar-refractivity contribution < 1.29 is 0 Å². The fourth-order valence-corrected chi connectivity index (χ4v) is 4.35. The third-order valence-corrected chi connectivity index (χ3v) is 5.96. The summed E-state index contributed by atoms with van der Waals surface area (Å²) >= 11 is 1.76. The predicted molar refractivity (Wildman–Crippen MR) is 97.5 cm³/mol. The number of hydrogen-bond acceptors (Lipinski definition) is 6. The minimum Gasteiger partial charge on any atom is -0.356 e. The number of thiazole rings is 1. The van der Waals surface area contributed by atoms with Crippen molar-refractivity contribution in [2.45, 2.75) is 38.6 Å². The van der Waals surface area contributed by atoms with Crippen molar-refractivity contribution in [2.75, 3.05) is 31.6 Å². The van der Waals surface area contributed by atoms with E-state index in [1.165, 1.54) is 29.8 Å². The van der Waals surface area contributed by atoms with Crippen LogP contribution in [-0.4, -0.2) is 46.5 Å². The maximum atomic E-state index is 4.80. The lowest BCUT2D eigenvalue weighted by Crippen LogP contribution is -2.28. The van der Waals surface area contributed by atoms with Crippen LogP contribution in [0.5, 0.6) is 0 Å². The van der Waals surface area contributed by atoms with Crippen LogP contribution < -0.4 is 4.90 Å². The highest BCUT2D eigenvalue weighted by Crippen LogP contribution is 2.38. The molecule has 1 atom stereocenters. The van der Waals surface area contributed by atoms with Crippen LogP contribution in [0.15, 0.2) is 17.8 Å². The van der Waals surface area contributed by atoms with E-state index in [2.05, 4.69) is 39.8 Å². The molecule has 1 aliphatic heterocycles. The second kappa shape index (κ2) is 6.76. The number of anilines is 1. The first kappa shape index (κ1) is 16.0. The van der Waals surface area contributed by atoms with Gasteiger partial charge >= 0.3 is 0 Å². The molecule has 0 aromatic carbocycles. The maximum Gasteiger partial charge on any atom is 0.133 e. The Morgan fingerprint density at radius 3 is 2.92 bits per heavy atom. The minimum absolute atomic E-state index is 0.622. The number of aryl methyl sites for hydroxylation is 1. The van der Waals surface area contributed by atoms with Gasteiger partial charge in [0.25, 0.3) is 0 Å².